The molecule has 1 saturated carbocycles. The Morgan fingerprint density at radius 2 is 1.87 bits per heavy atom. The Hall–Kier alpha value is -3.22. The Balaban J connectivity index is 1.38. The van der Waals surface area contributed by atoms with Gasteiger partial charge in [0.05, 0.1) is 31.8 Å². The molecular weight excluding hydrogens is 510 g/mol. The van der Waals surface area contributed by atoms with Crippen LogP contribution in [-0.4, -0.2) is 79.5 Å². The van der Waals surface area contributed by atoms with E-state index in [1.807, 2.05) is 6.07 Å². The van der Waals surface area contributed by atoms with E-state index in [0.717, 1.165) is 32.4 Å². The van der Waals surface area contributed by atoms with Crippen molar-refractivity contribution in [3.05, 3.63) is 47.1 Å². The topological polar surface area (TPSA) is 124 Å². The summed E-state index contributed by atoms with van der Waals surface area (Å²) in [6.45, 7) is 4.16. The van der Waals surface area contributed by atoms with Crippen molar-refractivity contribution >= 4 is 21.4 Å². The average Bonchev–Trinajstić information content (AvgIpc) is 2.95. The lowest BCUT2D eigenvalue weighted by Crippen LogP contribution is -2.38. The van der Waals surface area contributed by atoms with Gasteiger partial charge in [0.25, 0.3) is 5.56 Å². The van der Waals surface area contributed by atoms with Crippen molar-refractivity contribution < 1.29 is 22.6 Å². The molecule has 38 heavy (non-hydrogen) atoms. The molecule has 5 rings (SSSR count). The molecule has 0 amide bonds. The van der Waals surface area contributed by atoms with Crippen molar-refractivity contribution in [3.63, 3.8) is 0 Å². The van der Waals surface area contributed by atoms with Crippen molar-refractivity contribution in [2.45, 2.75) is 37.4 Å². The fourth-order valence-electron chi connectivity index (χ4n) is 4.90. The number of hydrogen-bond acceptors (Lipinski definition) is 9. The Labute approximate surface area is 221 Å². The number of hydrogen-bond donors (Lipinski definition) is 1. The maximum atomic E-state index is 13.2. The maximum Gasteiger partial charge on any atom is 0.300 e. The van der Waals surface area contributed by atoms with E-state index < -0.39 is 15.3 Å². The number of pyridine rings is 2. The minimum atomic E-state index is -3.59. The van der Waals surface area contributed by atoms with Gasteiger partial charge in [-0.3, -0.25) is 18.8 Å². The first-order valence-corrected chi connectivity index (χ1v) is 14.5. The Morgan fingerprint density at radius 1 is 1.08 bits per heavy atom. The van der Waals surface area contributed by atoms with Crippen molar-refractivity contribution in [2.24, 2.45) is 0 Å². The second-order valence-electron chi connectivity index (χ2n) is 9.56. The summed E-state index contributed by atoms with van der Waals surface area (Å²) in [6.07, 6.45) is 8.83. The van der Waals surface area contributed by atoms with Crippen molar-refractivity contribution in [1.29, 1.82) is 0 Å². The highest BCUT2D eigenvalue weighted by atomic mass is 32.2. The molecule has 11 nitrogen and oxygen atoms in total. The zero-order valence-electron chi connectivity index (χ0n) is 21.5. The smallest absolute Gasteiger partial charge is 0.300 e. The molecule has 0 bridgehead atoms. The third-order valence-electron chi connectivity index (χ3n) is 7.06. The molecule has 0 spiro atoms. The Morgan fingerprint density at radius 3 is 2.63 bits per heavy atom. The second kappa shape index (κ2) is 11.7. The van der Waals surface area contributed by atoms with Crippen LogP contribution >= 0.6 is 0 Å². The minimum Gasteiger partial charge on any atom is -0.485 e. The Bertz CT molecular complexity index is 1430. The van der Waals surface area contributed by atoms with Gasteiger partial charge in [-0.2, -0.15) is 0 Å². The zero-order valence-corrected chi connectivity index (χ0v) is 22.3. The molecule has 204 valence electrons. The van der Waals surface area contributed by atoms with Crippen molar-refractivity contribution in [1.82, 2.24) is 19.3 Å². The highest BCUT2D eigenvalue weighted by molar-refractivity contribution is 7.93. The Kier molecular flexibility index (Phi) is 8.10. The molecule has 2 aliphatic rings. The predicted molar refractivity (Wildman–Crippen MR) is 143 cm³/mol. The summed E-state index contributed by atoms with van der Waals surface area (Å²) in [7, 11) is -2.15. The van der Waals surface area contributed by atoms with E-state index in [-0.39, 0.29) is 22.9 Å². The fourth-order valence-corrected chi connectivity index (χ4v) is 6.47. The van der Waals surface area contributed by atoms with E-state index in [1.165, 1.54) is 17.7 Å². The number of nitrogens with zero attached hydrogens (tertiary/aromatic N) is 4. The molecule has 2 fully saturated rings. The number of anilines is 1. The summed E-state index contributed by atoms with van der Waals surface area (Å²) in [5.74, 6) is 0.352. The monoisotopic (exact) mass is 543 g/mol. The summed E-state index contributed by atoms with van der Waals surface area (Å²) in [4.78, 5) is 24.1. The van der Waals surface area contributed by atoms with Crippen LogP contribution in [0.25, 0.3) is 16.8 Å². The minimum absolute atomic E-state index is 0.168. The summed E-state index contributed by atoms with van der Waals surface area (Å²) in [5.41, 5.74) is 1.71. The number of rotatable bonds is 9. The van der Waals surface area contributed by atoms with Crippen LogP contribution in [0.15, 0.2) is 41.6 Å². The van der Waals surface area contributed by atoms with Gasteiger partial charge in [0.15, 0.2) is 0 Å². The third kappa shape index (κ3) is 5.92. The molecule has 3 aromatic rings. The number of nitrogens with one attached hydrogen (secondary N) is 1. The van der Waals surface area contributed by atoms with E-state index in [0.29, 0.717) is 56.0 Å². The van der Waals surface area contributed by atoms with Gasteiger partial charge in [-0.1, -0.05) is 19.3 Å². The lowest BCUT2D eigenvalue weighted by atomic mass is 10.0. The number of sulfonamides is 1. The molecule has 1 aliphatic carbocycles. The van der Waals surface area contributed by atoms with Gasteiger partial charge >= 0.3 is 0 Å². The van der Waals surface area contributed by atoms with Crippen LogP contribution in [0.3, 0.4) is 0 Å². The number of morpholine rings is 1. The van der Waals surface area contributed by atoms with Crippen LogP contribution in [0, 0.1) is 0 Å². The van der Waals surface area contributed by atoms with Gasteiger partial charge in [-0.05, 0) is 31.0 Å². The molecule has 1 saturated heterocycles. The highest BCUT2D eigenvalue weighted by Crippen LogP contribution is 2.31. The van der Waals surface area contributed by atoms with Crippen LogP contribution in [-0.2, 0) is 14.8 Å². The summed E-state index contributed by atoms with van der Waals surface area (Å²) >= 11 is 0. The van der Waals surface area contributed by atoms with Crippen LogP contribution in [0.2, 0.25) is 0 Å². The van der Waals surface area contributed by atoms with Gasteiger partial charge in [0, 0.05) is 43.2 Å². The number of fused-ring (bicyclic) bond motifs is 1. The molecule has 0 atom stereocenters. The molecule has 0 radical (unpaired) electrons. The largest absolute Gasteiger partial charge is 0.485 e. The zero-order chi connectivity index (χ0) is 26.5. The number of methoxy groups -OCH3 is 1. The standard InChI is InChI=1S/C26H33N5O6S/c1-35-25-22(29-38(33,34)21-5-3-2-4-6-21)15-20(16-28-25)19-7-8-24-27-17-23(26(32)31(24)18-19)37-14-11-30-9-12-36-13-10-30/h7-8,15-18,21,29H,2-6,9-14H2,1H3. The normalized spacial score (nSPS) is 17.4. The van der Waals surface area contributed by atoms with Crippen molar-refractivity contribution in [3.8, 4) is 22.8 Å². The van der Waals surface area contributed by atoms with Crippen LogP contribution in [0.4, 0.5) is 5.69 Å². The van der Waals surface area contributed by atoms with Gasteiger partial charge in [-0.25, -0.2) is 18.4 Å². The summed E-state index contributed by atoms with van der Waals surface area (Å²) in [6, 6.07) is 5.21. The van der Waals surface area contributed by atoms with E-state index in [2.05, 4.69) is 19.6 Å². The first kappa shape index (κ1) is 26.4. The maximum absolute atomic E-state index is 13.2. The molecule has 12 heteroatoms. The van der Waals surface area contributed by atoms with Crippen LogP contribution in [0.1, 0.15) is 32.1 Å². The van der Waals surface area contributed by atoms with E-state index >= 15 is 0 Å². The first-order chi connectivity index (χ1) is 18.4. The molecule has 3 aromatic heterocycles. The molecule has 1 N–H and O–H groups in total. The highest BCUT2D eigenvalue weighted by Gasteiger charge is 2.28. The lowest BCUT2D eigenvalue weighted by Gasteiger charge is -2.26. The average molecular weight is 544 g/mol. The number of aromatic nitrogens is 3. The second-order valence-corrected chi connectivity index (χ2v) is 11.5. The number of ether oxygens (including phenoxy) is 3. The lowest BCUT2D eigenvalue weighted by molar-refractivity contribution is 0.0321. The van der Waals surface area contributed by atoms with Gasteiger partial charge < -0.3 is 14.2 Å². The molecule has 0 unspecified atom stereocenters. The molecular formula is C26H33N5O6S. The molecule has 0 aromatic carbocycles. The van der Waals surface area contributed by atoms with Gasteiger partial charge in [0.2, 0.25) is 21.7 Å². The first-order valence-electron chi connectivity index (χ1n) is 12.9. The quantitative estimate of drug-likeness (QED) is 0.434. The third-order valence-corrected chi connectivity index (χ3v) is 8.91. The van der Waals surface area contributed by atoms with E-state index in [4.69, 9.17) is 14.2 Å². The van der Waals surface area contributed by atoms with Crippen molar-refractivity contribution in [2.75, 3.05) is 51.3 Å². The summed E-state index contributed by atoms with van der Waals surface area (Å²) in [5, 5.41) is -0.434. The SMILES string of the molecule is COc1ncc(-c2ccc3ncc(OCCN4CCOCC4)c(=O)n3c2)cc1NS(=O)(=O)C1CCCCC1. The van der Waals surface area contributed by atoms with Gasteiger partial charge in [0.1, 0.15) is 17.9 Å². The summed E-state index contributed by atoms with van der Waals surface area (Å²) < 4.78 is 46.7. The van der Waals surface area contributed by atoms with E-state index in [1.54, 1.807) is 24.5 Å². The molecule has 1 aliphatic heterocycles. The van der Waals surface area contributed by atoms with Crippen LogP contribution in [0.5, 0.6) is 11.6 Å². The predicted octanol–water partition coefficient (Wildman–Crippen LogP) is 2.55. The van der Waals surface area contributed by atoms with Gasteiger partial charge in [-0.15, -0.1) is 0 Å². The fraction of sp³-hybridized carbons (Fsp3) is 0.500. The van der Waals surface area contributed by atoms with E-state index in [9.17, 15) is 13.2 Å². The van der Waals surface area contributed by atoms with Crippen LogP contribution < -0.4 is 19.8 Å². The molecule has 4 heterocycles.